The van der Waals surface area contributed by atoms with Gasteiger partial charge < -0.3 is 0 Å². The van der Waals surface area contributed by atoms with Crippen molar-refractivity contribution < 1.29 is 0 Å². The van der Waals surface area contributed by atoms with E-state index >= 15 is 0 Å². The minimum atomic E-state index is 0.421. The summed E-state index contributed by atoms with van der Waals surface area (Å²) in [6, 6.07) is 0. The SMILES string of the molecule is [N-]=[N+]=NCCCNN=[N+]=[N-]. The van der Waals surface area contributed by atoms with Crippen molar-refractivity contribution in [3.63, 3.8) is 0 Å². The first kappa shape index (κ1) is 8.42. The molecular formula is C3H7N7. The number of hydrogen-bond acceptors (Lipinski definition) is 2. The molecule has 0 aromatic rings. The molecule has 0 aliphatic rings. The summed E-state index contributed by atoms with van der Waals surface area (Å²) >= 11 is 0. The van der Waals surface area contributed by atoms with Crippen molar-refractivity contribution in [1.29, 1.82) is 0 Å². The molecule has 1 N–H and O–H groups in total. The van der Waals surface area contributed by atoms with Crippen LogP contribution in [0.25, 0.3) is 20.9 Å². The Bertz CT molecular complexity index is 142. The maximum atomic E-state index is 7.82. The molecule has 7 heteroatoms. The molecule has 0 spiro atoms. The third kappa shape index (κ3) is 6.42. The molecule has 0 heterocycles. The highest BCUT2D eigenvalue weighted by atomic mass is 15.4. The van der Waals surface area contributed by atoms with E-state index in [4.69, 9.17) is 11.1 Å². The molecule has 54 valence electrons. The largest absolute Gasteiger partial charge is 0.261 e. The van der Waals surface area contributed by atoms with Crippen molar-refractivity contribution in [2.75, 3.05) is 13.1 Å². The Morgan fingerprint density at radius 2 is 2.10 bits per heavy atom. The first-order valence-corrected chi connectivity index (χ1v) is 2.69. The fraction of sp³-hybridized carbons (Fsp3) is 1.00. The van der Waals surface area contributed by atoms with Gasteiger partial charge in [0, 0.05) is 11.5 Å². The minimum Gasteiger partial charge on any atom is -0.261 e. The Hall–Kier alpha value is -1.58. The molecule has 0 saturated carbocycles. The lowest BCUT2D eigenvalue weighted by molar-refractivity contribution is 0.681. The van der Waals surface area contributed by atoms with E-state index in [9.17, 15) is 0 Å². The molecule has 10 heavy (non-hydrogen) atoms. The second-order valence-corrected chi connectivity index (χ2v) is 1.41. The number of nitrogens with zero attached hydrogens (tertiary/aromatic N) is 6. The summed E-state index contributed by atoms with van der Waals surface area (Å²) in [7, 11) is 0. The molecule has 0 radical (unpaired) electrons. The van der Waals surface area contributed by atoms with Crippen molar-refractivity contribution in [1.82, 2.24) is 5.43 Å². The van der Waals surface area contributed by atoms with Crippen molar-refractivity contribution in [2.45, 2.75) is 6.42 Å². The van der Waals surface area contributed by atoms with Crippen LogP contribution in [-0.4, -0.2) is 13.1 Å². The van der Waals surface area contributed by atoms with Crippen LogP contribution in [0.2, 0.25) is 0 Å². The molecule has 0 bridgehead atoms. The van der Waals surface area contributed by atoms with Gasteiger partial charge in [0.1, 0.15) is 0 Å². The number of azide groups is 2. The van der Waals surface area contributed by atoms with Crippen molar-refractivity contribution >= 4 is 0 Å². The van der Waals surface area contributed by atoms with Gasteiger partial charge in [-0.05, 0) is 17.2 Å². The second-order valence-electron chi connectivity index (χ2n) is 1.41. The van der Waals surface area contributed by atoms with Gasteiger partial charge in [-0.25, -0.2) is 0 Å². The molecule has 0 unspecified atom stereocenters. The van der Waals surface area contributed by atoms with Crippen LogP contribution in [0.15, 0.2) is 10.3 Å². The Balaban J connectivity index is 3.04. The number of hydrogen-bond donors (Lipinski definition) is 1. The lowest BCUT2D eigenvalue weighted by Gasteiger charge is -1.88. The monoisotopic (exact) mass is 141 g/mol. The van der Waals surface area contributed by atoms with Gasteiger partial charge in [0.15, 0.2) is 0 Å². The Morgan fingerprint density at radius 3 is 2.70 bits per heavy atom. The van der Waals surface area contributed by atoms with E-state index < -0.39 is 0 Å². The van der Waals surface area contributed by atoms with Gasteiger partial charge in [0.05, 0.1) is 6.54 Å². The predicted octanol–water partition coefficient (Wildman–Crippen LogP) is 1.50. The lowest BCUT2D eigenvalue weighted by Crippen LogP contribution is -2.06. The van der Waals surface area contributed by atoms with E-state index in [-0.39, 0.29) is 0 Å². The normalized spacial score (nSPS) is 7.20. The summed E-state index contributed by atoms with van der Waals surface area (Å²) in [6.07, 6.45) is 0.670. The highest BCUT2D eigenvalue weighted by molar-refractivity contribution is 4.48. The zero-order chi connectivity index (χ0) is 7.66. The van der Waals surface area contributed by atoms with Gasteiger partial charge in [0.25, 0.3) is 0 Å². The lowest BCUT2D eigenvalue weighted by atomic mass is 10.4. The Kier molecular flexibility index (Phi) is 6.25. The van der Waals surface area contributed by atoms with Crippen LogP contribution in [0.3, 0.4) is 0 Å². The van der Waals surface area contributed by atoms with Gasteiger partial charge in [-0.1, -0.05) is 5.11 Å². The highest BCUT2D eigenvalue weighted by Crippen LogP contribution is 1.78. The average Bonchev–Trinajstić information content (AvgIpc) is 1.97. The van der Waals surface area contributed by atoms with Crippen molar-refractivity contribution in [2.24, 2.45) is 10.3 Å². The summed E-state index contributed by atoms with van der Waals surface area (Å²) < 4.78 is 0. The summed E-state index contributed by atoms with van der Waals surface area (Å²) in [5.74, 6) is 0. The number of nitrogens with one attached hydrogen (secondary N) is 1. The van der Waals surface area contributed by atoms with Crippen LogP contribution in [0.1, 0.15) is 6.42 Å². The third-order valence-corrected chi connectivity index (χ3v) is 0.725. The van der Waals surface area contributed by atoms with Crippen LogP contribution >= 0.6 is 0 Å². The van der Waals surface area contributed by atoms with Gasteiger partial charge in [0.2, 0.25) is 0 Å². The van der Waals surface area contributed by atoms with E-state index in [1.165, 1.54) is 0 Å². The van der Waals surface area contributed by atoms with E-state index in [0.29, 0.717) is 19.5 Å². The molecule has 0 aliphatic carbocycles. The molecule has 0 aliphatic heterocycles. The summed E-state index contributed by atoms with van der Waals surface area (Å²) in [4.78, 5) is 5.01. The number of rotatable bonds is 5. The van der Waals surface area contributed by atoms with Gasteiger partial charge in [-0.15, -0.1) is 5.53 Å². The quantitative estimate of drug-likeness (QED) is 0.202. The van der Waals surface area contributed by atoms with E-state index in [1.807, 2.05) is 0 Å². The Labute approximate surface area is 57.3 Å². The smallest absolute Gasteiger partial charge is 0.0860 e. The first-order valence-electron chi connectivity index (χ1n) is 2.69. The molecule has 0 aromatic heterocycles. The Morgan fingerprint density at radius 1 is 1.30 bits per heavy atom. The molecule has 0 saturated heterocycles. The fourth-order valence-electron chi connectivity index (χ4n) is 0.355. The first-order chi connectivity index (χ1) is 4.91. The van der Waals surface area contributed by atoms with Gasteiger partial charge in [-0.2, -0.15) is 4.91 Å². The second kappa shape index (κ2) is 7.42. The van der Waals surface area contributed by atoms with Crippen LogP contribution in [0.5, 0.6) is 0 Å². The maximum Gasteiger partial charge on any atom is 0.0860 e. The maximum absolute atomic E-state index is 7.82. The topological polar surface area (TPSA) is 110 Å². The molecule has 0 aromatic carbocycles. The van der Waals surface area contributed by atoms with Crippen LogP contribution < -0.4 is 5.43 Å². The molecule has 0 atom stereocenters. The van der Waals surface area contributed by atoms with Crippen LogP contribution in [-0.2, 0) is 0 Å². The van der Waals surface area contributed by atoms with Crippen molar-refractivity contribution in [3.05, 3.63) is 20.9 Å². The van der Waals surface area contributed by atoms with Gasteiger partial charge >= 0.3 is 0 Å². The molecule has 0 fully saturated rings. The van der Waals surface area contributed by atoms with Crippen LogP contribution in [0.4, 0.5) is 0 Å². The summed E-state index contributed by atoms with van der Waals surface area (Å²) in [5, 5.41) is 6.34. The molecular weight excluding hydrogens is 134 g/mol. The van der Waals surface area contributed by atoms with Gasteiger partial charge in [-0.3, -0.25) is 5.43 Å². The van der Waals surface area contributed by atoms with E-state index in [2.05, 4.69) is 25.6 Å². The van der Waals surface area contributed by atoms with E-state index in [0.717, 1.165) is 0 Å². The van der Waals surface area contributed by atoms with Crippen LogP contribution in [0, 0.1) is 0 Å². The molecule has 0 amide bonds. The zero-order valence-electron chi connectivity index (χ0n) is 5.30. The predicted molar refractivity (Wildman–Crippen MR) is 35.8 cm³/mol. The summed E-state index contributed by atoms with van der Waals surface area (Å²) in [5.41, 5.74) is 18.0. The summed E-state index contributed by atoms with van der Waals surface area (Å²) in [6.45, 7) is 0.952. The average molecular weight is 141 g/mol. The zero-order valence-corrected chi connectivity index (χ0v) is 5.30. The van der Waals surface area contributed by atoms with Crippen molar-refractivity contribution in [3.8, 4) is 0 Å². The molecule has 0 rings (SSSR count). The molecule has 7 nitrogen and oxygen atoms in total. The fourth-order valence-corrected chi connectivity index (χ4v) is 0.355. The minimum absolute atomic E-state index is 0.421. The standard InChI is InChI=1S/C3H7N7/c4-8-6-2-1-3-7-10-9-5/h7H,1-3H2. The highest BCUT2D eigenvalue weighted by Gasteiger charge is 1.82. The third-order valence-electron chi connectivity index (χ3n) is 0.725. The van der Waals surface area contributed by atoms with E-state index in [1.54, 1.807) is 0 Å².